The van der Waals surface area contributed by atoms with Crippen molar-refractivity contribution in [1.82, 2.24) is 9.97 Å². The maximum absolute atomic E-state index is 12.7. The minimum absolute atomic E-state index is 0.0656. The highest BCUT2D eigenvalue weighted by Gasteiger charge is 2.30. The second kappa shape index (κ2) is 8.89. The topological polar surface area (TPSA) is 93.0 Å². The monoisotopic (exact) mass is 407 g/mol. The summed E-state index contributed by atoms with van der Waals surface area (Å²) in [7, 11) is 0. The zero-order chi connectivity index (χ0) is 20.9. The SMILES string of the molecule is O=[N+]([O-])c1c(NCCC2=CCCCC2)ncnc1Nc1ccc(C(F)(F)F)cc1. The summed E-state index contributed by atoms with van der Waals surface area (Å²) in [4.78, 5) is 18.8. The van der Waals surface area contributed by atoms with Crippen LogP contribution < -0.4 is 10.6 Å². The number of nitro groups is 1. The summed E-state index contributed by atoms with van der Waals surface area (Å²) >= 11 is 0. The summed E-state index contributed by atoms with van der Waals surface area (Å²) in [6.07, 6.45) is 4.12. The molecule has 0 bridgehead atoms. The second-order valence-corrected chi connectivity index (χ2v) is 6.66. The zero-order valence-corrected chi connectivity index (χ0v) is 15.5. The van der Waals surface area contributed by atoms with E-state index in [4.69, 9.17) is 0 Å². The van der Waals surface area contributed by atoms with E-state index in [0.717, 1.165) is 37.8 Å². The van der Waals surface area contributed by atoms with Crippen LogP contribution in [0, 0.1) is 10.1 Å². The molecule has 0 spiro atoms. The van der Waals surface area contributed by atoms with Crippen LogP contribution in [0.25, 0.3) is 0 Å². The highest BCUT2D eigenvalue weighted by atomic mass is 19.4. The summed E-state index contributed by atoms with van der Waals surface area (Å²) in [5.74, 6) is -0.0278. The highest BCUT2D eigenvalue weighted by molar-refractivity contribution is 5.73. The van der Waals surface area contributed by atoms with Crippen LogP contribution in [-0.2, 0) is 6.18 Å². The Hall–Kier alpha value is -3.17. The zero-order valence-electron chi connectivity index (χ0n) is 15.5. The Kier molecular flexibility index (Phi) is 6.30. The van der Waals surface area contributed by atoms with E-state index in [1.807, 2.05) is 0 Å². The first-order valence-electron chi connectivity index (χ1n) is 9.20. The van der Waals surface area contributed by atoms with Gasteiger partial charge >= 0.3 is 11.9 Å². The molecule has 0 unspecified atom stereocenters. The third kappa shape index (κ3) is 5.43. The molecule has 0 saturated carbocycles. The minimum atomic E-state index is -4.45. The molecule has 0 fully saturated rings. The van der Waals surface area contributed by atoms with Crippen LogP contribution in [0.2, 0.25) is 0 Å². The number of nitrogens with one attached hydrogen (secondary N) is 2. The molecule has 2 N–H and O–H groups in total. The lowest BCUT2D eigenvalue weighted by Gasteiger charge is -2.14. The summed E-state index contributed by atoms with van der Waals surface area (Å²) in [5.41, 5.74) is 0.409. The van der Waals surface area contributed by atoms with E-state index < -0.39 is 16.7 Å². The van der Waals surface area contributed by atoms with Crippen LogP contribution in [0.3, 0.4) is 0 Å². The molecule has 2 aromatic rings. The lowest BCUT2D eigenvalue weighted by molar-refractivity contribution is -0.383. The van der Waals surface area contributed by atoms with Crippen molar-refractivity contribution in [1.29, 1.82) is 0 Å². The molecular weight excluding hydrogens is 387 g/mol. The standard InChI is InChI=1S/C19H20F3N5O2/c20-19(21,22)14-6-8-15(9-7-14)26-18-16(27(28)29)17(24-12-25-18)23-11-10-13-4-2-1-3-5-13/h4,6-9,12H,1-3,5,10-11H2,(H2,23,24,25,26). The van der Waals surface area contributed by atoms with Crippen LogP contribution in [0.5, 0.6) is 0 Å². The predicted molar refractivity (Wildman–Crippen MR) is 103 cm³/mol. The molecule has 0 saturated heterocycles. The quantitative estimate of drug-likeness (QED) is 0.360. The summed E-state index contributed by atoms with van der Waals surface area (Å²) in [6, 6.07) is 4.17. The van der Waals surface area contributed by atoms with Crippen LogP contribution in [0.1, 0.15) is 37.7 Å². The van der Waals surface area contributed by atoms with E-state index >= 15 is 0 Å². The van der Waals surface area contributed by atoms with Gasteiger partial charge in [-0.25, -0.2) is 9.97 Å². The molecule has 3 rings (SSSR count). The fourth-order valence-corrected chi connectivity index (χ4v) is 3.12. The Bertz CT molecular complexity index is 898. The number of aromatic nitrogens is 2. The lowest BCUT2D eigenvalue weighted by Crippen LogP contribution is -2.10. The number of benzene rings is 1. The fourth-order valence-electron chi connectivity index (χ4n) is 3.12. The molecule has 1 aliphatic rings. The van der Waals surface area contributed by atoms with Gasteiger partial charge in [0, 0.05) is 12.2 Å². The summed E-state index contributed by atoms with van der Waals surface area (Å²) in [5, 5.41) is 17.2. The van der Waals surface area contributed by atoms with Gasteiger partial charge in [0.1, 0.15) is 6.33 Å². The maximum atomic E-state index is 12.7. The van der Waals surface area contributed by atoms with Crippen molar-refractivity contribution in [3.05, 3.63) is 57.9 Å². The van der Waals surface area contributed by atoms with Gasteiger partial charge in [-0.2, -0.15) is 13.2 Å². The van der Waals surface area contributed by atoms with Crippen LogP contribution in [0.4, 0.5) is 36.2 Å². The van der Waals surface area contributed by atoms with Gasteiger partial charge in [0.05, 0.1) is 10.5 Å². The van der Waals surface area contributed by atoms with E-state index in [1.165, 1.54) is 30.5 Å². The van der Waals surface area contributed by atoms with Crippen molar-refractivity contribution in [2.45, 2.75) is 38.3 Å². The first-order valence-corrected chi connectivity index (χ1v) is 9.20. The van der Waals surface area contributed by atoms with Crippen molar-refractivity contribution in [3.8, 4) is 0 Å². The average molecular weight is 407 g/mol. The Morgan fingerprint density at radius 2 is 1.83 bits per heavy atom. The Morgan fingerprint density at radius 3 is 2.45 bits per heavy atom. The molecular formula is C19H20F3N5O2. The van der Waals surface area contributed by atoms with Crippen molar-refractivity contribution in [3.63, 3.8) is 0 Å². The minimum Gasteiger partial charge on any atom is -0.364 e. The summed E-state index contributed by atoms with van der Waals surface area (Å²) in [6.45, 7) is 0.489. The lowest BCUT2D eigenvalue weighted by atomic mass is 9.97. The van der Waals surface area contributed by atoms with E-state index in [-0.39, 0.29) is 23.0 Å². The Balaban J connectivity index is 1.74. The second-order valence-electron chi connectivity index (χ2n) is 6.66. The normalized spacial score (nSPS) is 14.2. The number of hydrogen-bond donors (Lipinski definition) is 2. The van der Waals surface area contributed by atoms with E-state index in [1.54, 1.807) is 0 Å². The molecule has 29 heavy (non-hydrogen) atoms. The first-order chi connectivity index (χ1) is 13.8. The number of halogens is 3. The van der Waals surface area contributed by atoms with Gasteiger partial charge in [-0.05, 0) is 56.4 Å². The number of nitrogens with zero attached hydrogens (tertiary/aromatic N) is 3. The van der Waals surface area contributed by atoms with Crippen molar-refractivity contribution >= 4 is 23.0 Å². The Morgan fingerprint density at radius 1 is 1.10 bits per heavy atom. The van der Waals surface area contributed by atoms with Gasteiger partial charge in [-0.1, -0.05) is 11.6 Å². The summed E-state index contributed by atoms with van der Waals surface area (Å²) < 4.78 is 38.0. The van der Waals surface area contributed by atoms with Gasteiger partial charge < -0.3 is 10.6 Å². The van der Waals surface area contributed by atoms with Crippen molar-refractivity contribution < 1.29 is 18.1 Å². The van der Waals surface area contributed by atoms with Crippen LogP contribution >= 0.6 is 0 Å². The molecule has 10 heteroatoms. The molecule has 1 aromatic carbocycles. The van der Waals surface area contributed by atoms with Gasteiger partial charge in [0.15, 0.2) is 0 Å². The molecule has 154 valence electrons. The molecule has 0 radical (unpaired) electrons. The number of anilines is 3. The van der Waals surface area contributed by atoms with Gasteiger partial charge in [0.2, 0.25) is 11.6 Å². The van der Waals surface area contributed by atoms with E-state index in [0.29, 0.717) is 6.54 Å². The van der Waals surface area contributed by atoms with Crippen LogP contribution in [0.15, 0.2) is 42.2 Å². The number of allylic oxidation sites excluding steroid dienone is 1. The number of hydrogen-bond acceptors (Lipinski definition) is 6. The number of alkyl halides is 3. The predicted octanol–water partition coefficient (Wildman–Crippen LogP) is 5.45. The van der Waals surface area contributed by atoms with Gasteiger partial charge in [-0.15, -0.1) is 0 Å². The third-order valence-corrected chi connectivity index (χ3v) is 4.60. The number of rotatable bonds is 7. The van der Waals surface area contributed by atoms with E-state index in [9.17, 15) is 23.3 Å². The van der Waals surface area contributed by atoms with Crippen molar-refractivity contribution in [2.24, 2.45) is 0 Å². The molecule has 1 aromatic heterocycles. The largest absolute Gasteiger partial charge is 0.416 e. The molecule has 1 heterocycles. The first kappa shape index (κ1) is 20.6. The molecule has 0 aliphatic heterocycles. The van der Waals surface area contributed by atoms with Crippen molar-refractivity contribution in [2.75, 3.05) is 17.2 Å². The van der Waals surface area contributed by atoms with Gasteiger partial charge in [0.25, 0.3) is 0 Å². The molecule has 0 amide bonds. The molecule has 7 nitrogen and oxygen atoms in total. The molecule has 1 aliphatic carbocycles. The smallest absolute Gasteiger partial charge is 0.364 e. The Labute approximate surface area is 165 Å². The maximum Gasteiger partial charge on any atom is 0.416 e. The fraction of sp³-hybridized carbons (Fsp3) is 0.368. The van der Waals surface area contributed by atoms with Gasteiger partial charge in [-0.3, -0.25) is 10.1 Å². The van der Waals surface area contributed by atoms with E-state index in [2.05, 4.69) is 26.7 Å². The molecule has 0 atom stereocenters. The average Bonchev–Trinajstić information content (AvgIpc) is 2.68. The third-order valence-electron chi connectivity index (χ3n) is 4.60. The highest BCUT2D eigenvalue weighted by Crippen LogP contribution is 2.33. The van der Waals surface area contributed by atoms with Crippen LogP contribution in [-0.4, -0.2) is 21.4 Å².